The fraction of sp³-hybridized carbons (Fsp3) is 0.0769. The van der Waals surface area contributed by atoms with Crippen LogP contribution in [-0.4, -0.2) is 16.1 Å². The van der Waals surface area contributed by atoms with Crippen molar-refractivity contribution in [1.82, 2.24) is 4.98 Å². The van der Waals surface area contributed by atoms with Crippen LogP contribution in [0.1, 0.15) is 16.2 Å². The Kier molecular flexibility index (Phi) is 4.14. The molecule has 4 nitrogen and oxygen atoms in total. The standard InChI is InChI=1S/C13H10INO3/c14-9-4-6-11(7-5-9)18-8-10-2-1-3-12(15-10)13(16)17/h1-7H,8H2,(H,16,17). The van der Waals surface area contributed by atoms with E-state index in [-0.39, 0.29) is 12.3 Å². The van der Waals surface area contributed by atoms with Gasteiger partial charge in [0.25, 0.3) is 0 Å². The van der Waals surface area contributed by atoms with E-state index >= 15 is 0 Å². The fourth-order valence-corrected chi connectivity index (χ4v) is 1.73. The van der Waals surface area contributed by atoms with Crippen LogP contribution in [0.15, 0.2) is 42.5 Å². The van der Waals surface area contributed by atoms with Gasteiger partial charge in [0.15, 0.2) is 0 Å². The molecule has 1 N–H and O–H groups in total. The second kappa shape index (κ2) is 5.81. The van der Waals surface area contributed by atoms with Crippen molar-refractivity contribution in [2.75, 3.05) is 0 Å². The maximum absolute atomic E-state index is 10.8. The Bertz CT molecular complexity index is 554. The predicted octanol–water partition coefficient (Wildman–Crippen LogP) is 2.96. The normalized spacial score (nSPS) is 10.1. The molecule has 0 aliphatic heterocycles. The summed E-state index contributed by atoms with van der Waals surface area (Å²) in [5.74, 6) is -0.302. The van der Waals surface area contributed by atoms with E-state index in [4.69, 9.17) is 9.84 Å². The van der Waals surface area contributed by atoms with Crippen LogP contribution < -0.4 is 4.74 Å². The lowest BCUT2D eigenvalue weighted by Crippen LogP contribution is -2.04. The van der Waals surface area contributed by atoms with E-state index in [0.717, 1.165) is 9.32 Å². The van der Waals surface area contributed by atoms with E-state index < -0.39 is 5.97 Å². The van der Waals surface area contributed by atoms with Crippen LogP contribution >= 0.6 is 22.6 Å². The number of hydrogen-bond donors (Lipinski definition) is 1. The number of halogens is 1. The number of hydrogen-bond acceptors (Lipinski definition) is 3. The minimum atomic E-state index is -1.04. The van der Waals surface area contributed by atoms with Gasteiger partial charge in [-0.15, -0.1) is 0 Å². The molecule has 0 aliphatic rings. The summed E-state index contributed by atoms with van der Waals surface area (Å²) in [5, 5.41) is 8.82. The lowest BCUT2D eigenvalue weighted by molar-refractivity contribution is 0.0690. The number of aromatic carboxylic acids is 1. The van der Waals surface area contributed by atoms with E-state index in [9.17, 15) is 4.79 Å². The number of carboxylic acids is 1. The third-order valence-corrected chi connectivity index (χ3v) is 2.95. The summed E-state index contributed by atoms with van der Waals surface area (Å²) in [6.07, 6.45) is 0. The first kappa shape index (κ1) is 12.8. The topological polar surface area (TPSA) is 59.4 Å². The molecule has 1 heterocycles. The number of pyridine rings is 1. The summed E-state index contributed by atoms with van der Waals surface area (Å²) in [6.45, 7) is 0.252. The molecule has 0 fully saturated rings. The van der Waals surface area contributed by atoms with Crippen molar-refractivity contribution in [2.45, 2.75) is 6.61 Å². The number of benzene rings is 1. The molecule has 0 saturated carbocycles. The average molecular weight is 355 g/mol. The first-order valence-corrected chi connectivity index (χ1v) is 6.30. The summed E-state index contributed by atoms with van der Waals surface area (Å²) >= 11 is 2.21. The van der Waals surface area contributed by atoms with Gasteiger partial charge in [-0.05, 0) is 59.0 Å². The van der Waals surface area contributed by atoms with Gasteiger partial charge in [0.1, 0.15) is 18.1 Å². The van der Waals surface area contributed by atoms with E-state index in [2.05, 4.69) is 27.6 Å². The highest BCUT2D eigenvalue weighted by molar-refractivity contribution is 14.1. The Morgan fingerprint density at radius 3 is 2.61 bits per heavy atom. The van der Waals surface area contributed by atoms with Gasteiger partial charge in [0.05, 0.1) is 5.69 Å². The molecule has 0 radical (unpaired) electrons. The molecule has 0 amide bonds. The van der Waals surface area contributed by atoms with Crippen molar-refractivity contribution in [3.63, 3.8) is 0 Å². The summed E-state index contributed by atoms with van der Waals surface area (Å²) in [7, 11) is 0. The second-order valence-electron chi connectivity index (χ2n) is 3.56. The molecule has 5 heteroatoms. The SMILES string of the molecule is O=C(O)c1cccc(COc2ccc(I)cc2)n1. The first-order valence-electron chi connectivity index (χ1n) is 5.23. The predicted molar refractivity (Wildman–Crippen MR) is 74.7 cm³/mol. The molecular weight excluding hydrogens is 345 g/mol. The van der Waals surface area contributed by atoms with Crippen LogP contribution in [0.5, 0.6) is 5.75 Å². The first-order chi connectivity index (χ1) is 8.65. The molecule has 2 aromatic rings. The van der Waals surface area contributed by atoms with E-state index in [1.165, 1.54) is 6.07 Å². The number of carboxylic acid groups (broad SMARTS) is 1. The molecular formula is C13H10INO3. The Balaban J connectivity index is 2.04. The zero-order chi connectivity index (χ0) is 13.0. The quantitative estimate of drug-likeness (QED) is 0.857. The maximum Gasteiger partial charge on any atom is 0.354 e. The van der Waals surface area contributed by atoms with Crippen LogP contribution in [-0.2, 0) is 6.61 Å². The van der Waals surface area contributed by atoms with Crippen molar-refractivity contribution < 1.29 is 14.6 Å². The Labute approximate surface area is 118 Å². The van der Waals surface area contributed by atoms with E-state index in [1.54, 1.807) is 12.1 Å². The number of aromatic nitrogens is 1. The molecule has 0 atom stereocenters. The van der Waals surface area contributed by atoms with Gasteiger partial charge >= 0.3 is 5.97 Å². The Morgan fingerprint density at radius 2 is 1.94 bits per heavy atom. The minimum absolute atomic E-state index is 0.0266. The third-order valence-electron chi connectivity index (χ3n) is 2.23. The monoisotopic (exact) mass is 355 g/mol. The van der Waals surface area contributed by atoms with Crippen LogP contribution in [0.2, 0.25) is 0 Å². The smallest absolute Gasteiger partial charge is 0.354 e. The molecule has 2 rings (SSSR count). The van der Waals surface area contributed by atoms with Gasteiger partial charge in [-0.2, -0.15) is 0 Å². The number of nitrogens with zero attached hydrogens (tertiary/aromatic N) is 1. The molecule has 0 aliphatic carbocycles. The molecule has 92 valence electrons. The third kappa shape index (κ3) is 3.43. The molecule has 0 spiro atoms. The lowest BCUT2D eigenvalue weighted by atomic mass is 10.3. The fourth-order valence-electron chi connectivity index (χ4n) is 1.37. The minimum Gasteiger partial charge on any atom is -0.487 e. The molecule has 0 unspecified atom stereocenters. The number of rotatable bonds is 4. The second-order valence-corrected chi connectivity index (χ2v) is 4.81. The van der Waals surface area contributed by atoms with E-state index in [0.29, 0.717) is 5.69 Å². The van der Waals surface area contributed by atoms with Crippen LogP contribution in [0.25, 0.3) is 0 Å². The lowest BCUT2D eigenvalue weighted by Gasteiger charge is -2.06. The maximum atomic E-state index is 10.8. The zero-order valence-electron chi connectivity index (χ0n) is 9.34. The van der Waals surface area contributed by atoms with Crippen molar-refractivity contribution >= 4 is 28.6 Å². The highest BCUT2D eigenvalue weighted by Crippen LogP contribution is 2.14. The number of carbonyl (C=O) groups is 1. The van der Waals surface area contributed by atoms with Gasteiger partial charge in [-0.1, -0.05) is 6.07 Å². The Morgan fingerprint density at radius 1 is 1.22 bits per heavy atom. The highest BCUT2D eigenvalue weighted by atomic mass is 127. The van der Waals surface area contributed by atoms with Crippen molar-refractivity contribution in [1.29, 1.82) is 0 Å². The summed E-state index contributed by atoms with van der Waals surface area (Å²) in [5.41, 5.74) is 0.618. The molecule has 0 saturated heterocycles. The van der Waals surface area contributed by atoms with Gasteiger partial charge in [0.2, 0.25) is 0 Å². The summed E-state index contributed by atoms with van der Waals surface area (Å²) in [6, 6.07) is 12.5. The highest BCUT2D eigenvalue weighted by Gasteiger charge is 2.05. The molecule has 1 aromatic heterocycles. The summed E-state index contributed by atoms with van der Waals surface area (Å²) < 4.78 is 6.65. The molecule has 1 aromatic carbocycles. The average Bonchev–Trinajstić information content (AvgIpc) is 2.38. The van der Waals surface area contributed by atoms with Crippen molar-refractivity contribution in [3.8, 4) is 5.75 Å². The summed E-state index contributed by atoms with van der Waals surface area (Å²) in [4.78, 5) is 14.7. The van der Waals surface area contributed by atoms with Crippen LogP contribution in [0.3, 0.4) is 0 Å². The van der Waals surface area contributed by atoms with Crippen molar-refractivity contribution in [2.24, 2.45) is 0 Å². The van der Waals surface area contributed by atoms with Crippen LogP contribution in [0.4, 0.5) is 0 Å². The van der Waals surface area contributed by atoms with Gasteiger partial charge in [0, 0.05) is 3.57 Å². The van der Waals surface area contributed by atoms with Crippen LogP contribution in [0, 0.1) is 3.57 Å². The molecule has 0 bridgehead atoms. The van der Waals surface area contributed by atoms with Gasteiger partial charge < -0.3 is 9.84 Å². The van der Waals surface area contributed by atoms with Gasteiger partial charge in [-0.25, -0.2) is 9.78 Å². The largest absolute Gasteiger partial charge is 0.487 e. The molecule has 18 heavy (non-hydrogen) atoms. The zero-order valence-corrected chi connectivity index (χ0v) is 11.5. The van der Waals surface area contributed by atoms with Crippen molar-refractivity contribution in [3.05, 3.63) is 57.4 Å². The van der Waals surface area contributed by atoms with Gasteiger partial charge in [-0.3, -0.25) is 0 Å². The Hall–Kier alpha value is -1.63. The van der Waals surface area contributed by atoms with E-state index in [1.807, 2.05) is 24.3 Å². The number of ether oxygens (including phenoxy) is 1.